The molecule has 0 saturated heterocycles. The number of hydrogen-bond donors (Lipinski definition) is 1. The Balaban J connectivity index is 2.89. The summed E-state index contributed by atoms with van der Waals surface area (Å²) in [5.74, 6) is 2.14. The van der Waals surface area contributed by atoms with Gasteiger partial charge in [0.25, 0.3) is 0 Å². The minimum Gasteiger partial charge on any atom is -0.496 e. The zero-order chi connectivity index (χ0) is 13.8. The summed E-state index contributed by atoms with van der Waals surface area (Å²) in [5, 5.41) is 0. The average Bonchev–Trinajstić information content (AvgIpc) is 2.25. The third kappa shape index (κ3) is 4.45. The molecule has 102 valence electrons. The van der Waals surface area contributed by atoms with Crippen molar-refractivity contribution in [2.45, 2.75) is 38.8 Å². The van der Waals surface area contributed by atoms with E-state index in [4.69, 9.17) is 19.9 Å². The van der Waals surface area contributed by atoms with E-state index >= 15 is 0 Å². The van der Waals surface area contributed by atoms with Gasteiger partial charge in [0.2, 0.25) is 0 Å². The molecule has 1 unspecified atom stereocenters. The minimum atomic E-state index is -0.328. The van der Waals surface area contributed by atoms with Crippen molar-refractivity contribution in [3.8, 4) is 17.2 Å². The molecule has 0 fully saturated rings. The van der Waals surface area contributed by atoms with Crippen LogP contribution in [0, 0.1) is 0 Å². The lowest BCUT2D eigenvalue weighted by molar-refractivity contribution is 0.0927. The second-order valence-electron chi connectivity index (χ2n) is 5.09. The maximum absolute atomic E-state index is 5.96. The van der Waals surface area contributed by atoms with Crippen LogP contribution in [0.2, 0.25) is 0 Å². The standard InChI is InChI=1S/C14H23NO3/c1-10(15)9-14(2,3)18-13-7-11(16-4)6-12(8-13)17-5/h6-8,10H,9,15H2,1-5H3. The second-order valence-corrected chi connectivity index (χ2v) is 5.09. The summed E-state index contributed by atoms with van der Waals surface area (Å²) in [6, 6.07) is 5.58. The lowest BCUT2D eigenvalue weighted by Crippen LogP contribution is -2.35. The van der Waals surface area contributed by atoms with Gasteiger partial charge in [0.15, 0.2) is 0 Å². The Morgan fingerprint density at radius 1 is 1.06 bits per heavy atom. The van der Waals surface area contributed by atoms with Gasteiger partial charge in [-0.2, -0.15) is 0 Å². The highest BCUT2D eigenvalue weighted by Gasteiger charge is 2.22. The van der Waals surface area contributed by atoms with Crippen LogP contribution in [0.5, 0.6) is 17.2 Å². The smallest absolute Gasteiger partial charge is 0.127 e. The summed E-state index contributed by atoms with van der Waals surface area (Å²) in [6.07, 6.45) is 0.770. The molecule has 1 aromatic carbocycles. The summed E-state index contributed by atoms with van der Waals surface area (Å²) in [7, 11) is 3.23. The van der Waals surface area contributed by atoms with Gasteiger partial charge in [0.1, 0.15) is 22.8 Å². The van der Waals surface area contributed by atoms with E-state index < -0.39 is 0 Å². The van der Waals surface area contributed by atoms with Crippen LogP contribution < -0.4 is 19.9 Å². The van der Waals surface area contributed by atoms with Crippen LogP contribution in [0.15, 0.2) is 18.2 Å². The van der Waals surface area contributed by atoms with Gasteiger partial charge in [-0.05, 0) is 20.8 Å². The normalized spacial score (nSPS) is 13.0. The first-order valence-electron chi connectivity index (χ1n) is 6.04. The number of benzene rings is 1. The zero-order valence-electron chi connectivity index (χ0n) is 11.8. The first kappa shape index (κ1) is 14.6. The van der Waals surface area contributed by atoms with Crippen LogP contribution in [-0.2, 0) is 0 Å². The van der Waals surface area contributed by atoms with Crippen LogP contribution >= 0.6 is 0 Å². The molecule has 2 N–H and O–H groups in total. The van der Waals surface area contributed by atoms with Gasteiger partial charge < -0.3 is 19.9 Å². The Morgan fingerprint density at radius 2 is 1.50 bits per heavy atom. The van der Waals surface area contributed by atoms with Gasteiger partial charge >= 0.3 is 0 Å². The van der Waals surface area contributed by atoms with E-state index in [1.807, 2.05) is 39.0 Å². The van der Waals surface area contributed by atoms with Gasteiger partial charge in [-0.1, -0.05) is 0 Å². The molecule has 0 bridgehead atoms. The molecule has 0 amide bonds. The highest BCUT2D eigenvalue weighted by Crippen LogP contribution is 2.30. The Bertz CT molecular complexity index is 366. The molecule has 4 heteroatoms. The molecule has 0 radical (unpaired) electrons. The van der Waals surface area contributed by atoms with Crippen molar-refractivity contribution in [2.24, 2.45) is 5.73 Å². The number of methoxy groups -OCH3 is 2. The molecule has 0 aliphatic rings. The van der Waals surface area contributed by atoms with E-state index in [2.05, 4.69) is 0 Å². The fourth-order valence-electron chi connectivity index (χ4n) is 1.98. The molecule has 18 heavy (non-hydrogen) atoms. The lowest BCUT2D eigenvalue weighted by atomic mass is 10.0. The summed E-state index contributed by atoms with van der Waals surface area (Å²) in [5.41, 5.74) is 5.49. The van der Waals surface area contributed by atoms with Crippen LogP contribution in [0.4, 0.5) is 0 Å². The van der Waals surface area contributed by atoms with E-state index in [1.165, 1.54) is 0 Å². The quantitative estimate of drug-likeness (QED) is 0.846. The molecule has 0 saturated carbocycles. The summed E-state index contributed by atoms with van der Waals surface area (Å²) in [6.45, 7) is 6.00. The molecule has 0 aliphatic heterocycles. The lowest BCUT2D eigenvalue weighted by Gasteiger charge is -2.28. The predicted molar refractivity (Wildman–Crippen MR) is 72.5 cm³/mol. The fourth-order valence-corrected chi connectivity index (χ4v) is 1.98. The van der Waals surface area contributed by atoms with Crippen molar-refractivity contribution >= 4 is 0 Å². The van der Waals surface area contributed by atoms with E-state index in [1.54, 1.807) is 14.2 Å². The van der Waals surface area contributed by atoms with E-state index in [-0.39, 0.29) is 11.6 Å². The van der Waals surface area contributed by atoms with Gasteiger partial charge in [0.05, 0.1) is 14.2 Å². The average molecular weight is 253 g/mol. The van der Waals surface area contributed by atoms with E-state index in [0.29, 0.717) is 11.5 Å². The van der Waals surface area contributed by atoms with Crippen molar-refractivity contribution in [1.29, 1.82) is 0 Å². The SMILES string of the molecule is COc1cc(OC)cc(OC(C)(C)CC(C)N)c1. The zero-order valence-corrected chi connectivity index (χ0v) is 11.8. The topological polar surface area (TPSA) is 53.7 Å². The molecule has 4 nitrogen and oxygen atoms in total. The Kier molecular flexibility index (Phi) is 4.84. The monoisotopic (exact) mass is 253 g/mol. The molecular weight excluding hydrogens is 230 g/mol. The summed E-state index contributed by atoms with van der Waals surface area (Å²) < 4.78 is 16.4. The molecule has 0 spiro atoms. The second kappa shape index (κ2) is 5.96. The van der Waals surface area contributed by atoms with Crippen LogP contribution in [0.1, 0.15) is 27.2 Å². The molecule has 0 aliphatic carbocycles. The van der Waals surface area contributed by atoms with Crippen molar-refractivity contribution < 1.29 is 14.2 Å². The number of rotatable bonds is 6. The van der Waals surface area contributed by atoms with Crippen LogP contribution in [0.25, 0.3) is 0 Å². The Hall–Kier alpha value is -1.42. The summed E-state index contributed by atoms with van der Waals surface area (Å²) >= 11 is 0. The maximum atomic E-state index is 5.96. The van der Waals surface area contributed by atoms with Gasteiger partial charge in [-0.3, -0.25) is 0 Å². The van der Waals surface area contributed by atoms with Gasteiger partial charge in [-0.15, -0.1) is 0 Å². The highest BCUT2D eigenvalue weighted by atomic mass is 16.5. The molecule has 0 heterocycles. The number of nitrogens with two attached hydrogens (primary N) is 1. The van der Waals surface area contributed by atoms with Crippen molar-refractivity contribution in [3.63, 3.8) is 0 Å². The molecule has 1 aromatic rings. The van der Waals surface area contributed by atoms with Crippen molar-refractivity contribution in [2.75, 3.05) is 14.2 Å². The number of hydrogen-bond acceptors (Lipinski definition) is 4. The van der Waals surface area contributed by atoms with Crippen molar-refractivity contribution in [3.05, 3.63) is 18.2 Å². The molecular formula is C14H23NO3. The molecule has 1 atom stereocenters. The van der Waals surface area contributed by atoms with Crippen LogP contribution in [-0.4, -0.2) is 25.9 Å². The van der Waals surface area contributed by atoms with Gasteiger partial charge in [-0.25, -0.2) is 0 Å². The highest BCUT2D eigenvalue weighted by molar-refractivity contribution is 5.42. The molecule has 0 aromatic heterocycles. The van der Waals surface area contributed by atoms with Crippen LogP contribution in [0.3, 0.4) is 0 Å². The Labute approximate surface area is 109 Å². The van der Waals surface area contributed by atoms with E-state index in [9.17, 15) is 0 Å². The third-order valence-electron chi connectivity index (χ3n) is 2.53. The molecule has 1 rings (SSSR count). The largest absolute Gasteiger partial charge is 0.496 e. The van der Waals surface area contributed by atoms with Gasteiger partial charge in [0, 0.05) is 30.7 Å². The fraction of sp³-hybridized carbons (Fsp3) is 0.571. The predicted octanol–water partition coefficient (Wildman–Crippen LogP) is 2.60. The summed E-state index contributed by atoms with van der Waals surface area (Å²) in [4.78, 5) is 0. The maximum Gasteiger partial charge on any atom is 0.127 e. The number of ether oxygens (including phenoxy) is 3. The minimum absolute atomic E-state index is 0.0903. The Morgan fingerprint density at radius 3 is 1.89 bits per heavy atom. The first-order chi connectivity index (χ1) is 8.36. The third-order valence-corrected chi connectivity index (χ3v) is 2.53. The first-order valence-corrected chi connectivity index (χ1v) is 6.04. The van der Waals surface area contributed by atoms with E-state index in [0.717, 1.165) is 12.2 Å². The van der Waals surface area contributed by atoms with Crippen molar-refractivity contribution in [1.82, 2.24) is 0 Å².